The molecule has 0 saturated heterocycles. The van der Waals surface area contributed by atoms with Crippen LogP contribution in [-0.4, -0.2) is 10.2 Å². The summed E-state index contributed by atoms with van der Waals surface area (Å²) in [6.45, 7) is 1.98. The third-order valence-corrected chi connectivity index (χ3v) is 2.61. The Balaban J connectivity index is 2.34. The molecule has 0 spiro atoms. The second-order valence-corrected chi connectivity index (χ2v) is 3.94. The van der Waals surface area contributed by atoms with Crippen molar-refractivity contribution in [3.8, 4) is 11.5 Å². The van der Waals surface area contributed by atoms with Crippen LogP contribution < -0.4 is 0 Å². The van der Waals surface area contributed by atoms with E-state index in [2.05, 4.69) is 0 Å². The summed E-state index contributed by atoms with van der Waals surface area (Å²) in [5, 5.41) is 19.4. The second-order valence-electron chi connectivity index (χ2n) is 3.94. The van der Waals surface area contributed by atoms with Crippen molar-refractivity contribution in [2.24, 2.45) is 0 Å². The molecule has 2 N–H and O–H groups in total. The van der Waals surface area contributed by atoms with Crippen LogP contribution in [0.15, 0.2) is 42.5 Å². The van der Waals surface area contributed by atoms with Gasteiger partial charge in [-0.1, -0.05) is 35.9 Å². The monoisotopic (exact) mass is 214 g/mol. The lowest BCUT2D eigenvalue weighted by atomic mass is 10.0. The van der Waals surface area contributed by atoms with Crippen LogP contribution in [0, 0.1) is 6.92 Å². The molecule has 0 atom stereocenters. The van der Waals surface area contributed by atoms with Crippen LogP contribution in [0.3, 0.4) is 0 Å². The van der Waals surface area contributed by atoms with E-state index in [0.717, 1.165) is 16.7 Å². The summed E-state index contributed by atoms with van der Waals surface area (Å²) in [6, 6.07) is 12.7. The highest BCUT2D eigenvalue weighted by atomic mass is 16.3. The van der Waals surface area contributed by atoms with Gasteiger partial charge in [-0.15, -0.1) is 0 Å². The van der Waals surface area contributed by atoms with E-state index in [9.17, 15) is 10.2 Å². The molecule has 0 heterocycles. The van der Waals surface area contributed by atoms with Crippen LogP contribution in [-0.2, 0) is 6.42 Å². The zero-order valence-electron chi connectivity index (χ0n) is 9.14. The predicted molar refractivity (Wildman–Crippen MR) is 63.8 cm³/mol. The van der Waals surface area contributed by atoms with Crippen LogP contribution in [0.2, 0.25) is 0 Å². The Morgan fingerprint density at radius 2 is 1.56 bits per heavy atom. The molecular formula is C14H14O2. The average molecular weight is 214 g/mol. The molecule has 16 heavy (non-hydrogen) atoms. The molecule has 2 heteroatoms. The number of hydrogen-bond donors (Lipinski definition) is 2. The van der Waals surface area contributed by atoms with Crippen molar-refractivity contribution in [1.82, 2.24) is 0 Å². The number of aryl methyl sites for hydroxylation is 1. The normalized spacial score (nSPS) is 10.3. The van der Waals surface area contributed by atoms with Gasteiger partial charge in [0, 0.05) is 6.42 Å². The van der Waals surface area contributed by atoms with Crippen molar-refractivity contribution in [2.75, 3.05) is 0 Å². The van der Waals surface area contributed by atoms with E-state index >= 15 is 0 Å². The summed E-state index contributed by atoms with van der Waals surface area (Å²) >= 11 is 0. The van der Waals surface area contributed by atoms with Crippen molar-refractivity contribution >= 4 is 0 Å². The number of rotatable bonds is 2. The van der Waals surface area contributed by atoms with E-state index in [1.165, 1.54) is 0 Å². The Kier molecular flexibility index (Phi) is 2.82. The smallest absolute Gasteiger partial charge is 0.119 e. The minimum Gasteiger partial charge on any atom is -0.508 e. The fourth-order valence-electron chi connectivity index (χ4n) is 1.72. The van der Waals surface area contributed by atoms with Gasteiger partial charge in [-0.25, -0.2) is 0 Å². The molecule has 0 aliphatic carbocycles. The number of hydrogen-bond acceptors (Lipinski definition) is 2. The van der Waals surface area contributed by atoms with Crippen molar-refractivity contribution in [3.63, 3.8) is 0 Å². The topological polar surface area (TPSA) is 40.5 Å². The quantitative estimate of drug-likeness (QED) is 0.806. The highest BCUT2D eigenvalue weighted by Crippen LogP contribution is 2.25. The van der Waals surface area contributed by atoms with E-state index in [1.807, 2.05) is 31.2 Å². The average Bonchev–Trinajstić information content (AvgIpc) is 2.27. The Morgan fingerprint density at radius 1 is 0.875 bits per heavy atom. The maximum atomic E-state index is 9.71. The number of phenols is 2. The molecular weight excluding hydrogens is 200 g/mol. The van der Waals surface area contributed by atoms with Gasteiger partial charge in [0.05, 0.1) is 0 Å². The maximum Gasteiger partial charge on any atom is 0.119 e. The maximum absolute atomic E-state index is 9.71. The first kappa shape index (κ1) is 10.6. The van der Waals surface area contributed by atoms with Crippen LogP contribution in [0.5, 0.6) is 11.5 Å². The molecule has 0 amide bonds. The Morgan fingerprint density at radius 3 is 2.31 bits per heavy atom. The molecule has 2 nitrogen and oxygen atoms in total. The van der Waals surface area contributed by atoms with Crippen LogP contribution in [0.25, 0.3) is 0 Å². The summed E-state index contributed by atoms with van der Waals surface area (Å²) < 4.78 is 0. The fourth-order valence-corrected chi connectivity index (χ4v) is 1.72. The zero-order chi connectivity index (χ0) is 11.5. The first-order chi connectivity index (χ1) is 7.66. The fraction of sp³-hybridized carbons (Fsp3) is 0.143. The van der Waals surface area contributed by atoms with Crippen LogP contribution in [0.4, 0.5) is 0 Å². The SMILES string of the molecule is Cc1ccc(O)c(Cc2ccccc2O)c1. The van der Waals surface area contributed by atoms with E-state index in [0.29, 0.717) is 6.42 Å². The minimum absolute atomic E-state index is 0.267. The molecule has 0 aromatic heterocycles. The molecule has 0 unspecified atom stereocenters. The second kappa shape index (κ2) is 4.27. The van der Waals surface area contributed by atoms with Crippen LogP contribution >= 0.6 is 0 Å². The van der Waals surface area contributed by atoms with Crippen molar-refractivity contribution < 1.29 is 10.2 Å². The first-order valence-electron chi connectivity index (χ1n) is 5.22. The van der Waals surface area contributed by atoms with E-state index in [1.54, 1.807) is 18.2 Å². The molecule has 0 bridgehead atoms. The highest BCUT2D eigenvalue weighted by Gasteiger charge is 2.05. The third kappa shape index (κ3) is 2.16. The third-order valence-electron chi connectivity index (χ3n) is 2.61. The molecule has 82 valence electrons. The molecule has 2 aromatic carbocycles. The number of benzene rings is 2. The highest BCUT2D eigenvalue weighted by molar-refractivity contribution is 5.42. The molecule has 2 rings (SSSR count). The van der Waals surface area contributed by atoms with Crippen molar-refractivity contribution in [1.29, 1.82) is 0 Å². The van der Waals surface area contributed by atoms with Gasteiger partial charge in [0.1, 0.15) is 11.5 Å². The standard InChI is InChI=1S/C14H14O2/c1-10-6-7-14(16)12(8-10)9-11-4-2-3-5-13(11)15/h2-8,15-16H,9H2,1H3. The van der Waals surface area contributed by atoms with Gasteiger partial charge in [-0.2, -0.15) is 0 Å². The zero-order valence-corrected chi connectivity index (χ0v) is 9.14. The summed E-state index contributed by atoms with van der Waals surface area (Å²) in [7, 11) is 0. The van der Waals surface area contributed by atoms with E-state index in [4.69, 9.17) is 0 Å². The molecule has 2 aromatic rings. The van der Waals surface area contributed by atoms with Gasteiger partial charge < -0.3 is 10.2 Å². The van der Waals surface area contributed by atoms with Gasteiger partial charge >= 0.3 is 0 Å². The lowest BCUT2D eigenvalue weighted by molar-refractivity contribution is 0.463. The number of para-hydroxylation sites is 1. The number of phenolic OH excluding ortho intramolecular Hbond substituents is 2. The molecule has 0 radical (unpaired) electrons. The van der Waals surface area contributed by atoms with Gasteiger partial charge in [0.2, 0.25) is 0 Å². The summed E-state index contributed by atoms with van der Waals surface area (Å²) in [5.41, 5.74) is 2.76. The number of aromatic hydroxyl groups is 2. The lowest BCUT2D eigenvalue weighted by Crippen LogP contribution is -1.90. The Hall–Kier alpha value is -1.96. The van der Waals surface area contributed by atoms with Gasteiger partial charge in [-0.3, -0.25) is 0 Å². The van der Waals surface area contributed by atoms with Crippen molar-refractivity contribution in [3.05, 3.63) is 59.2 Å². The van der Waals surface area contributed by atoms with E-state index < -0.39 is 0 Å². The van der Waals surface area contributed by atoms with Crippen molar-refractivity contribution in [2.45, 2.75) is 13.3 Å². The minimum atomic E-state index is 0.267. The van der Waals surface area contributed by atoms with Gasteiger partial charge in [-0.05, 0) is 30.2 Å². The first-order valence-corrected chi connectivity index (χ1v) is 5.22. The van der Waals surface area contributed by atoms with Gasteiger partial charge in [0.15, 0.2) is 0 Å². The lowest BCUT2D eigenvalue weighted by Gasteiger charge is -2.07. The molecule has 0 fully saturated rings. The summed E-state index contributed by atoms with van der Waals surface area (Å²) in [4.78, 5) is 0. The van der Waals surface area contributed by atoms with E-state index in [-0.39, 0.29) is 11.5 Å². The Bertz CT molecular complexity index is 504. The van der Waals surface area contributed by atoms with Gasteiger partial charge in [0.25, 0.3) is 0 Å². The van der Waals surface area contributed by atoms with Crippen LogP contribution in [0.1, 0.15) is 16.7 Å². The molecule has 0 saturated carbocycles. The summed E-state index contributed by atoms with van der Waals surface area (Å²) in [5.74, 6) is 0.539. The Labute approximate surface area is 94.8 Å². The largest absolute Gasteiger partial charge is 0.508 e. The molecule has 0 aliphatic rings. The molecule has 0 aliphatic heterocycles. The predicted octanol–water partition coefficient (Wildman–Crippen LogP) is 3.00. The summed E-state index contributed by atoms with van der Waals surface area (Å²) in [6.07, 6.45) is 0.542.